The maximum Gasteiger partial charge on any atom is 0.270 e. The highest BCUT2D eigenvalue weighted by molar-refractivity contribution is 7.07. The summed E-state index contributed by atoms with van der Waals surface area (Å²) < 4.78 is 5.38. The number of hydrogen-bond donors (Lipinski definition) is 1. The Hall–Kier alpha value is -0.940. The number of hydrogen-bond acceptors (Lipinski definition) is 4. The van der Waals surface area contributed by atoms with Gasteiger partial charge in [0, 0.05) is 25.1 Å². The predicted octanol–water partition coefficient (Wildman–Crippen LogP) is 2.08. The minimum absolute atomic E-state index is 0.102. The maximum absolute atomic E-state index is 11.4. The number of nitrogens with zero attached hydrogens (tertiary/aromatic N) is 1. The van der Waals surface area contributed by atoms with Gasteiger partial charge in [0.05, 0.1) is 5.51 Å². The molecule has 0 bridgehead atoms. The van der Waals surface area contributed by atoms with Crippen LogP contribution in [0.15, 0.2) is 10.9 Å². The Kier molecular flexibility index (Phi) is 6.76. The quantitative estimate of drug-likeness (QED) is 0.710. The van der Waals surface area contributed by atoms with Crippen LogP contribution >= 0.6 is 11.3 Å². The monoisotopic (exact) mass is 242 g/mol. The van der Waals surface area contributed by atoms with Gasteiger partial charge in [-0.1, -0.05) is 13.3 Å². The van der Waals surface area contributed by atoms with Crippen molar-refractivity contribution < 1.29 is 9.53 Å². The van der Waals surface area contributed by atoms with Crippen LogP contribution < -0.4 is 5.32 Å². The van der Waals surface area contributed by atoms with Crippen LogP contribution in [0, 0.1) is 0 Å². The van der Waals surface area contributed by atoms with E-state index in [1.54, 1.807) is 10.9 Å². The number of aromatic nitrogens is 1. The van der Waals surface area contributed by atoms with Crippen molar-refractivity contribution in [1.29, 1.82) is 0 Å². The number of carbonyl (C=O) groups is 1. The molecule has 0 aliphatic carbocycles. The van der Waals surface area contributed by atoms with Crippen molar-refractivity contribution in [3.8, 4) is 0 Å². The Morgan fingerprint density at radius 1 is 1.50 bits per heavy atom. The van der Waals surface area contributed by atoms with Crippen molar-refractivity contribution in [1.82, 2.24) is 10.3 Å². The third kappa shape index (κ3) is 5.23. The van der Waals surface area contributed by atoms with E-state index in [1.165, 1.54) is 11.3 Å². The summed E-state index contributed by atoms with van der Waals surface area (Å²) in [5.74, 6) is -0.102. The van der Waals surface area contributed by atoms with Crippen LogP contribution in [0.5, 0.6) is 0 Å². The van der Waals surface area contributed by atoms with Crippen LogP contribution in [0.1, 0.15) is 36.7 Å². The highest BCUT2D eigenvalue weighted by atomic mass is 32.1. The number of unbranched alkanes of at least 4 members (excludes halogenated alkanes) is 1. The first-order valence-electron chi connectivity index (χ1n) is 5.58. The van der Waals surface area contributed by atoms with Gasteiger partial charge in [0.1, 0.15) is 5.69 Å². The molecule has 0 atom stereocenters. The standard InChI is InChI=1S/C11H18N2O2S/c1-2-3-6-15-7-4-5-12-11(14)10-8-16-9-13-10/h8-9H,2-7H2,1H3,(H,12,14). The Balaban J connectivity index is 1.97. The lowest BCUT2D eigenvalue weighted by Crippen LogP contribution is -2.25. The molecule has 1 amide bonds. The molecule has 0 saturated heterocycles. The molecule has 0 unspecified atom stereocenters. The number of amides is 1. The normalized spacial score (nSPS) is 10.3. The molecule has 0 spiro atoms. The van der Waals surface area contributed by atoms with Crippen molar-refractivity contribution in [2.45, 2.75) is 26.2 Å². The van der Waals surface area contributed by atoms with Gasteiger partial charge in [0.2, 0.25) is 0 Å². The molecule has 16 heavy (non-hydrogen) atoms. The van der Waals surface area contributed by atoms with Crippen molar-refractivity contribution in [2.24, 2.45) is 0 Å². The molecule has 1 aromatic heterocycles. The second-order valence-electron chi connectivity index (χ2n) is 3.45. The zero-order valence-electron chi connectivity index (χ0n) is 9.57. The molecular formula is C11H18N2O2S. The maximum atomic E-state index is 11.4. The van der Waals surface area contributed by atoms with E-state index in [1.807, 2.05) is 0 Å². The molecule has 1 N–H and O–H groups in total. The third-order valence-electron chi connectivity index (χ3n) is 2.06. The first kappa shape index (κ1) is 13.1. The van der Waals surface area contributed by atoms with Gasteiger partial charge in [-0.25, -0.2) is 4.98 Å². The Bertz CT molecular complexity index is 288. The zero-order valence-corrected chi connectivity index (χ0v) is 10.4. The lowest BCUT2D eigenvalue weighted by atomic mass is 10.3. The summed E-state index contributed by atoms with van der Waals surface area (Å²) in [6.45, 7) is 4.30. The van der Waals surface area contributed by atoms with Crippen molar-refractivity contribution in [3.63, 3.8) is 0 Å². The number of nitrogens with one attached hydrogen (secondary N) is 1. The van der Waals surface area contributed by atoms with Gasteiger partial charge in [0.15, 0.2) is 0 Å². The van der Waals surface area contributed by atoms with E-state index in [9.17, 15) is 4.79 Å². The predicted molar refractivity (Wildman–Crippen MR) is 64.8 cm³/mol. The van der Waals surface area contributed by atoms with Crippen LogP contribution in [0.2, 0.25) is 0 Å². The van der Waals surface area contributed by atoms with E-state index >= 15 is 0 Å². The average molecular weight is 242 g/mol. The van der Waals surface area contributed by atoms with Crippen molar-refractivity contribution in [3.05, 3.63) is 16.6 Å². The number of carbonyl (C=O) groups excluding carboxylic acids is 1. The fourth-order valence-corrected chi connectivity index (χ4v) is 1.67. The van der Waals surface area contributed by atoms with Gasteiger partial charge in [-0.3, -0.25) is 4.79 Å². The van der Waals surface area contributed by atoms with E-state index in [-0.39, 0.29) is 5.91 Å². The van der Waals surface area contributed by atoms with Gasteiger partial charge >= 0.3 is 0 Å². The molecule has 90 valence electrons. The van der Waals surface area contributed by atoms with E-state index < -0.39 is 0 Å². The molecule has 1 heterocycles. The Morgan fingerprint density at radius 3 is 3.00 bits per heavy atom. The smallest absolute Gasteiger partial charge is 0.270 e. The first-order valence-corrected chi connectivity index (χ1v) is 6.53. The minimum atomic E-state index is -0.102. The van der Waals surface area contributed by atoms with Crippen LogP contribution in [-0.4, -0.2) is 30.6 Å². The van der Waals surface area contributed by atoms with Crippen molar-refractivity contribution in [2.75, 3.05) is 19.8 Å². The Morgan fingerprint density at radius 2 is 2.31 bits per heavy atom. The molecular weight excluding hydrogens is 224 g/mol. The molecule has 0 radical (unpaired) electrons. The molecule has 4 nitrogen and oxygen atoms in total. The van der Waals surface area contributed by atoms with Crippen LogP contribution in [0.3, 0.4) is 0 Å². The lowest BCUT2D eigenvalue weighted by Gasteiger charge is -2.04. The van der Waals surface area contributed by atoms with E-state index in [4.69, 9.17) is 4.74 Å². The molecule has 0 fully saturated rings. The van der Waals surface area contributed by atoms with E-state index in [0.29, 0.717) is 18.8 Å². The van der Waals surface area contributed by atoms with Crippen LogP contribution in [-0.2, 0) is 4.74 Å². The molecule has 1 rings (SSSR count). The summed E-state index contributed by atoms with van der Waals surface area (Å²) in [4.78, 5) is 15.4. The summed E-state index contributed by atoms with van der Waals surface area (Å²) in [7, 11) is 0. The largest absolute Gasteiger partial charge is 0.381 e. The second-order valence-corrected chi connectivity index (χ2v) is 4.17. The van der Waals surface area contributed by atoms with E-state index in [0.717, 1.165) is 25.9 Å². The zero-order chi connectivity index (χ0) is 11.6. The molecule has 0 aromatic carbocycles. The fraction of sp³-hybridized carbons (Fsp3) is 0.636. The third-order valence-corrected chi connectivity index (χ3v) is 2.64. The lowest BCUT2D eigenvalue weighted by molar-refractivity contribution is 0.0936. The van der Waals surface area contributed by atoms with Crippen LogP contribution in [0.25, 0.3) is 0 Å². The number of rotatable bonds is 8. The topological polar surface area (TPSA) is 51.2 Å². The summed E-state index contributed by atoms with van der Waals surface area (Å²) >= 11 is 1.42. The number of thiazole rings is 1. The second kappa shape index (κ2) is 8.24. The SMILES string of the molecule is CCCCOCCCNC(=O)c1cscn1. The molecule has 0 aliphatic rings. The minimum Gasteiger partial charge on any atom is -0.381 e. The first-order chi connectivity index (χ1) is 7.84. The summed E-state index contributed by atoms with van der Waals surface area (Å²) in [5, 5.41) is 4.54. The van der Waals surface area contributed by atoms with Gasteiger partial charge < -0.3 is 10.1 Å². The van der Waals surface area contributed by atoms with Gasteiger partial charge in [-0.05, 0) is 12.8 Å². The van der Waals surface area contributed by atoms with Gasteiger partial charge in [0.25, 0.3) is 5.91 Å². The molecule has 5 heteroatoms. The summed E-state index contributed by atoms with van der Waals surface area (Å²) in [5.41, 5.74) is 2.15. The van der Waals surface area contributed by atoms with Crippen molar-refractivity contribution >= 4 is 17.2 Å². The van der Waals surface area contributed by atoms with Gasteiger partial charge in [-0.15, -0.1) is 11.3 Å². The summed E-state index contributed by atoms with van der Waals surface area (Å²) in [6.07, 6.45) is 3.10. The molecule has 1 aromatic rings. The molecule has 0 aliphatic heterocycles. The Labute approximate surface area is 100 Å². The highest BCUT2D eigenvalue weighted by Gasteiger charge is 2.05. The van der Waals surface area contributed by atoms with Gasteiger partial charge in [-0.2, -0.15) is 0 Å². The average Bonchev–Trinajstić information content (AvgIpc) is 2.81. The fourth-order valence-electron chi connectivity index (χ4n) is 1.14. The van der Waals surface area contributed by atoms with E-state index in [2.05, 4.69) is 17.2 Å². The highest BCUT2D eigenvalue weighted by Crippen LogP contribution is 2.00. The van der Waals surface area contributed by atoms with Crippen LogP contribution in [0.4, 0.5) is 0 Å². The summed E-state index contributed by atoms with van der Waals surface area (Å²) in [6, 6.07) is 0. The number of ether oxygens (including phenoxy) is 1. The molecule has 0 saturated carbocycles.